The van der Waals surface area contributed by atoms with Crippen molar-refractivity contribution in [2.75, 3.05) is 26.2 Å². The number of likely N-dealkylation sites (tertiary alicyclic amines) is 1. The monoisotopic (exact) mass is 548 g/mol. The van der Waals surface area contributed by atoms with Crippen molar-refractivity contribution in [3.63, 3.8) is 0 Å². The van der Waals surface area contributed by atoms with E-state index in [1.807, 2.05) is 60.7 Å². The van der Waals surface area contributed by atoms with Crippen LogP contribution in [0.2, 0.25) is 5.02 Å². The minimum Gasteiger partial charge on any atom is -0.481 e. The lowest BCUT2D eigenvalue weighted by Gasteiger charge is -2.40. The zero-order valence-electron chi connectivity index (χ0n) is 22.2. The SMILES string of the molecule is O=C(O)CCC(=O)NCC(CCCN1CCC(O)(c2ccc(Cl)cc2)CC1)(c1ccccc1)c1ccccc1. The van der Waals surface area contributed by atoms with E-state index in [2.05, 4.69) is 34.5 Å². The minimum atomic E-state index is -0.980. The number of aliphatic hydroxyl groups is 1. The van der Waals surface area contributed by atoms with E-state index in [4.69, 9.17) is 16.7 Å². The summed E-state index contributed by atoms with van der Waals surface area (Å²) < 4.78 is 0. The van der Waals surface area contributed by atoms with E-state index >= 15 is 0 Å². The molecule has 0 unspecified atom stereocenters. The fourth-order valence-corrected chi connectivity index (χ4v) is 5.75. The molecule has 0 radical (unpaired) electrons. The number of aliphatic carboxylic acids is 1. The van der Waals surface area contributed by atoms with Crippen molar-refractivity contribution in [1.29, 1.82) is 0 Å². The van der Waals surface area contributed by atoms with E-state index in [0.29, 0.717) is 24.4 Å². The van der Waals surface area contributed by atoms with Crippen LogP contribution in [-0.2, 0) is 20.6 Å². The van der Waals surface area contributed by atoms with Gasteiger partial charge < -0.3 is 20.4 Å². The highest BCUT2D eigenvalue weighted by atomic mass is 35.5. The number of carboxylic acid groups (broad SMARTS) is 1. The highest BCUT2D eigenvalue weighted by Crippen LogP contribution is 2.38. The Balaban J connectivity index is 1.46. The summed E-state index contributed by atoms with van der Waals surface area (Å²) >= 11 is 6.03. The lowest BCUT2D eigenvalue weighted by atomic mass is 9.71. The number of nitrogens with one attached hydrogen (secondary N) is 1. The van der Waals surface area contributed by atoms with Gasteiger partial charge in [0.15, 0.2) is 0 Å². The van der Waals surface area contributed by atoms with Gasteiger partial charge in [0.1, 0.15) is 0 Å². The van der Waals surface area contributed by atoms with Crippen molar-refractivity contribution in [3.05, 3.63) is 107 Å². The van der Waals surface area contributed by atoms with Crippen molar-refractivity contribution in [3.8, 4) is 0 Å². The Labute approximate surface area is 235 Å². The summed E-state index contributed by atoms with van der Waals surface area (Å²) in [6, 6.07) is 27.9. The number of benzene rings is 3. The molecule has 39 heavy (non-hydrogen) atoms. The highest BCUT2D eigenvalue weighted by Gasteiger charge is 2.36. The second-order valence-electron chi connectivity index (χ2n) is 10.5. The van der Waals surface area contributed by atoms with Gasteiger partial charge in [-0.15, -0.1) is 0 Å². The molecule has 0 atom stereocenters. The maximum absolute atomic E-state index is 12.6. The molecule has 7 heteroatoms. The molecule has 0 bridgehead atoms. The third-order valence-electron chi connectivity index (χ3n) is 7.95. The second-order valence-corrected chi connectivity index (χ2v) is 10.9. The molecule has 1 saturated heterocycles. The van der Waals surface area contributed by atoms with Gasteiger partial charge in [-0.05, 0) is 61.1 Å². The van der Waals surface area contributed by atoms with Crippen LogP contribution in [0, 0.1) is 0 Å². The zero-order valence-corrected chi connectivity index (χ0v) is 22.9. The molecule has 3 aromatic rings. The van der Waals surface area contributed by atoms with Crippen LogP contribution < -0.4 is 5.32 Å². The Morgan fingerprint density at radius 2 is 1.44 bits per heavy atom. The smallest absolute Gasteiger partial charge is 0.303 e. The topological polar surface area (TPSA) is 89.9 Å². The van der Waals surface area contributed by atoms with Gasteiger partial charge in [0.2, 0.25) is 5.91 Å². The fraction of sp³-hybridized carbons (Fsp3) is 0.375. The molecule has 4 rings (SSSR count). The van der Waals surface area contributed by atoms with E-state index in [-0.39, 0.29) is 18.7 Å². The first-order valence-electron chi connectivity index (χ1n) is 13.6. The molecule has 1 aliphatic rings. The quantitative estimate of drug-likeness (QED) is 0.283. The van der Waals surface area contributed by atoms with E-state index in [1.54, 1.807) is 0 Å². The van der Waals surface area contributed by atoms with Gasteiger partial charge in [0.25, 0.3) is 0 Å². The van der Waals surface area contributed by atoms with E-state index in [9.17, 15) is 14.7 Å². The lowest BCUT2D eigenvalue weighted by molar-refractivity contribution is -0.138. The van der Waals surface area contributed by atoms with Gasteiger partial charge in [0.05, 0.1) is 12.0 Å². The first-order chi connectivity index (χ1) is 18.8. The van der Waals surface area contributed by atoms with Gasteiger partial charge >= 0.3 is 5.97 Å². The van der Waals surface area contributed by atoms with Crippen molar-refractivity contribution >= 4 is 23.5 Å². The molecule has 0 aliphatic carbocycles. The average Bonchev–Trinajstić information content (AvgIpc) is 2.96. The van der Waals surface area contributed by atoms with Crippen LogP contribution in [0.3, 0.4) is 0 Å². The highest BCUT2D eigenvalue weighted by molar-refractivity contribution is 6.30. The van der Waals surface area contributed by atoms with Gasteiger partial charge in [-0.1, -0.05) is 84.4 Å². The van der Waals surface area contributed by atoms with Gasteiger partial charge in [-0.25, -0.2) is 0 Å². The first-order valence-corrected chi connectivity index (χ1v) is 14.0. The summed E-state index contributed by atoms with van der Waals surface area (Å²) in [5.74, 6) is -1.24. The number of carbonyl (C=O) groups excluding carboxylic acids is 1. The second kappa shape index (κ2) is 13.2. The first kappa shape index (κ1) is 28.8. The number of halogens is 1. The molecule has 0 saturated carbocycles. The summed E-state index contributed by atoms with van der Waals surface area (Å²) in [5.41, 5.74) is 1.86. The predicted octanol–water partition coefficient (Wildman–Crippen LogP) is 5.37. The van der Waals surface area contributed by atoms with E-state index in [0.717, 1.165) is 49.2 Å². The number of nitrogens with zero attached hydrogens (tertiary/aromatic N) is 1. The molecular formula is C32H37ClN2O4. The van der Waals surface area contributed by atoms with Crippen molar-refractivity contribution in [1.82, 2.24) is 10.2 Å². The Morgan fingerprint density at radius 3 is 1.97 bits per heavy atom. The Hall–Kier alpha value is -3.19. The number of carboxylic acids is 1. The lowest BCUT2D eigenvalue weighted by Crippen LogP contribution is -2.44. The number of rotatable bonds is 12. The molecule has 1 amide bonds. The average molecular weight is 549 g/mol. The number of carbonyl (C=O) groups is 2. The van der Waals surface area contributed by atoms with Gasteiger partial charge in [0, 0.05) is 36.5 Å². The Morgan fingerprint density at radius 1 is 0.872 bits per heavy atom. The third kappa shape index (κ3) is 7.47. The number of amides is 1. The van der Waals surface area contributed by atoms with Crippen LogP contribution in [-0.4, -0.2) is 53.2 Å². The zero-order chi connectivity index (χ0) is 27.7. The van der Waals surface area contributed by atoms with Crippen molar-refractivity contribution in [2.45, 2.75) is 49.5 Å². The maximum Gasteiger partial charge on any atom is 0.303 e. The summed E-state index contributed by atoms with van der Waals surface area (Å²) in [6.07, 6.45) is 2.80. The number of piperidine rings is 1. The third-order valence-corrected chi connectivity index (χ3v) is 8.20. The molecule has 0 aromatic heterocycles. The summed E-state index contributed by atoms with van der Waals surface area (Å²) in [6.45, 7) is 2.87. The van der Waals surface area contributed by atoms with Gasteiger partial charge in [-0.2, -0.15) is 0 Å². The van der Waals surface area contributed by atoms with Gasteiger partial charge in [-0.3, -0.25) is 9.59 Å². The van der Waals surface area contributed by atoms with Crippen LogP contribution in [0.15, 0.2) is 84.9 Å². The predicted molar refractivity (Wildman–Crippen MR) is 154 cm³/mol. The van der Waals surface area contributed by atoms with Crippen LogP contribution in [0.4, 0.5) is 0 Å². The molecule has 6 nitrogen and oxygen atoms in total. The molecule has 3 aromatic carbocycles. The molecule has 3 N–H and O–H groups in total. The van der Waals surface area contributed by atoms with Crippen molar-refractivity contribution < 1.29 is 19.8 Å². The molecule has 1 fully saturated rings. The normalized spacial score (nSPS) is 15.5. The summed E-state index contributed by atoms with van der Waals surface area (Å²) in [7, 11) is 0. The maximum atomic E-state index is 12.6. The van der Waals surface area contributed by atoms with E-state index < -0.39 is 17.0 Å². The Bertz CT molecular complexity index is 1170. The molecule has 1 aliphatic heterocycles. The molecule has 1 heterocycles. The largest absolute Gasteiger partial charge is 0.481 e. The standard InChI is InChI=1S/C32H37ClN2O4/c33-28-14-12-27(13-15-28)32(39)19-22-35(23-20-32)21-7-18-31(25-8-3-1-4-9-25,26-10-5-2-6-11-26)24-34-29(36)16-17-30(37)38/h1-6,8-15,39H,7,16-24H2,(H,34,36)(H,37,38). The van der Waals surface area contributed by atoms with E-state index in [1.165, 1.54) is 0 Å². The number of hydrogen-bond acceptors (Lipinski definition) is 4. The molecule has 206 valence electrons. The molecular weight excluding hydrogens is 512 g/mol. The molecule has 0 spiro atoms. The van der Waals surface area contributed by atoms with Crippen LogP contribution in [0.1, 0.15) is 55.2 Å². The summed E-state index contributed by atoms with van der Waals surface area (Å²) in [5, 5.41) is 23.9. The van der Waals surface area contributed by atoms with Crippen LogP contribution >= 0.6 is 11.6 Å². The van der Waals surface area contributed by atoms with Crippen molar-refractivity contribution in [2.24, 2.45) is 0 Å². The fourth-order valence-electron chi connectivity index (χ4n) is 5.62. The number of hydrogen-bond donors (Lipinski definition) is 3. The Kier molecular flexibility index (Phi) is 9.78. The van der Waals surface area contributed by atoms with Crippen LogP contribution in [0.5, 0.6) is 0 Å². The minimum absolute atomic E-state index is 0.0424. The van der Waals surface area contributed by atoms with Crippen LogP contribution in [0.25, 0.3) is 0 Å². The summed E-state index contributed by atoms with van der Waals surface area (Å²) in [4.78, 5) is 25.9.